The Labute approximate surface area is 307 Å². The molecule has 17 rings (SSSR count). The van der Waals surface area contributed by atoms with Crippen molar-refractivity contribution in [1.29, 1.82) is 0 Å². The van der Waals surface area contributed by atoms with Gasteiger partial charge in [0.1, 0.15) is 11.2 Å². The fraction of sp³-hybridized carbons (Fsp3) is 0.320. The number of fused-ring (bicyclic) bond motifs is 1. The smallest absolute Gasteiger partial charge is 0.326 e. The Morgan fingerprint density at radius 1 is 0.611 bits per heavy atom. The van der Waals surface area contributed by atoms with Crippen molar-refractivity contribution in [1.82, 2.24) is 0 Å². The maximum absolute atomic E-state index is 15.4. The number of esters is 2. The highest BCUT2D eigenvalue weighted by molar-refractivity contribution is 6.58. The quantitative estimate of drug-likeness (QED) is 0.103. The second-order valence-corrected chi connectivity index (χ2v) is 20.7. The van der Waals surface area contributed by atoms with Crippen molar-refractivity contribution in [3.05, 3.63) is 79.2 Å². The number of allylic oxidation sites excluding steroid dienone is 2. The molecular formula is C50H32O4. The lowest BCUT2D eigenvalue weighted by molar-refractivity contribution is -0.178. The van der Waals surface area contributed by atoms with Gasteiger partial charge in [0.15, 0.2) is 5.41 Å². The van der Waals surface area contributed by atoms with Crippen LogP contribution in [-0.4, -0.2) is 23.1 Å². The van der Waals surface area contributed by atoms with Crippen LogP contribution in [0.15, 0.2) is 29.8 Å². The molecule has 0 N–H and O–H groups in total. The zero-order valence-electron chi connectivity index (χ0n) is 30.9. The average Bonchev–Trinajstić information content (AvgIpc) is 3.76. The van der Waals surface area contributed by atoms with E-state index < -0.39 is 34.0 Å². The highest BCUT2D eigenvalue weighted by Crippen LogP contribution is 2.81. The Bertz CT molecular complexity index is 3740. The average molecular weight is 697 g/mol. The summed E-state index contributed by atoms with van der Waals surface area (Å²) in [5, 5.41) is 26.0. The van der Waals surface area contributed by atoms with Crippen LogP contribution < -0.4 is 10.4 Å². The molecule has 1 saturated carbocycles. The summed E-state index contributed by atoms with van der Waals surface area (Å²) in [4.78, 5) is 30.8. The summed E-state index contributed by atoms with van der Waals surface area (Å²) in [6.07, 6.45) is 7.85. The Morgan fingerprint density at radius 2 is 1.15 bits per heavy atom. The van der Waals surface area contributed by atoms with Crippen molar-refractivity contribution in [3.63, 3.8) is 0 Å². The summed E-state index contributed by atoms with van der Waals surface area (Å²) in [6.45, 7) is 11.5. The third kappa shape index (κ3) is 2.05. The molecule has 4 heteroatoms. The molecule has 0 radical (unpaired) electrons. The Kier molecular flexibility index (Phi) is 3.30. The van der Waals surface area contributed by atoms with Crippen LogP contribution in [0.3, 0.4) is 0 Å². The fourth-order valence-electron chi connectivity index (χ4n) is 15.4. The maximum Gasteiger partial charge on any atom is 0.326 e. The van der Waals surface area contributed by atoms with Gasteiger partial charge in [0, 0.05) is 11.8 Å². The topological polar surface area (TPSA) is 52.6 Å². The molecule has 4 atom stereocenters. The first-order valence-corrected chi connectivity index (χ1v) is 20.1. The van der Waals surface area contributed by atoms with E-state index in [9.17, 15) is 0 Å². The van der Waals surface area contributed by atoms with Gasteiger partial charge < -0.3 is 9.47 Å². The SMILES string of the molecule is CC(C)(C)OC(=O)C1(C(=O)OC(C)(C)C)C2C3=CC4Cc5cc6c7c8c(cc9c%10c%11c%12c(cc%13c%12c%12c(c%14c%15c%16c(c5c7c%16c(c8%10)c%11c%12%15)C4C=%143)C21C=%13)C9)C6. The van der Waals surface area contributed by atoms with Crippen molar-refractivity contribution < 1.29 is 19.1 Å². The Morgan fingerprint density at radius 3 is 1.81 bits per heavy atom. The number of hydrogen-bond acceptors (Lipinski definition) is 4. The van der Waals surface area contributed by atoms with Crippen molar-refractivity contribution in [2.75, 3.05) is 0 Å². The molecule has 54 heavy (non-hydrogen) atoms. The second-order valence-electron chi connectivity index (χ2n) is 20.7. The van der Waals surface area contributed by atoms with Gasteiger partial charge in [-0.2, -0.15) is 0 Å². The molecule has 8 aliphatic rings. The summed E-state index contributed by atoms with van der Waals surface area (Å²) in [5.41, 5.74) is 8.83. The number of benzene rings is 5. The van der Waals surface area contributed by atoms with Gasteiger partial charge in [-0.05, 0) is 213 Å². The van der Waals surface area contributed by atoms with Gasteiger partial charge in [0.05, 0.1) is 5.41 Å². The van der Waals surface area contributed by atoms with Gasteiger partial charge in [-0.1, -0.05) is 30.4 Å². The third-order valence-electron chi connectivity index (χ3n) is 16.2. The van der Waals surface area contributed by atoms with Crippen LogP contribution in [0, 0.1) is 17.3 Å². The molecule has 0 aliphatic heterocycles. The molecule has 1 spiro atoms. The van der Waals surface area contributed by atoms with E-state index in [2.05, 4.69) is 30.4 Å². The van der Waals surface area contributed by atoms with Crippen molar-refractivity contribution in [2.24, 2.45) is 17.3 Å². The zero-order chi connectivity index (χ0) is 35.5. The largest absolute Gasteiger partial charge is 0.459 e. The molecular weight excluding hydrogens is 665 g/mol. The predicted molar refractivity (Wildman–Crippen MR) is 212 cm³/mol. The standard InChI is InChI=1S/C50H32O4/c1-47(2,3)53-45(51)50(46(52)54-48(4,5)6)44-22-13-20-11-18-9-16-7-15-8-17-10-19-12-21-14-49(44,50)43-41-29(21)25(19)33-27(17)31-23(15)24(16)32-28(18)34-26(20)30(22)42(43)40-38(34)36(32)35(31)37(33)39(40)41/h8-9,12-14,20,26,44H,7,10-11H2,1-6H3. The molecule has 4 nitrogen and oxygen atoms in total. The van der Waals surface area contributed by atoms with Crippen LogP contribution in [0.1, 0.15) is 86.4 Å². The molecule has 1 fully saturated rings. The van der Waals surface area contributed by atoms with Gasteiger partial charge in [-0.3, -0.25) is 9.59 Å². The lowest BCUT2D eigenvalue weighted by Gasteiger charge is -2.32. The summed E-state index contributed by atoms with van der Waals surface area (Å²) in [5.74, 6) is -0.748. The Balaban J connectivity index is 1.20. The van der Waals surface area contributed by atoms with Gasteiger partial charge >= 0.3 is 11.9 Å². The number of hydrogen-bond donors (Lipinski definition) is 0. The number of carbonyl (C=O) groups excluding carboxylic acids is 2. The van der Waals surface area contributed by atoms with Crippen LogP contribution in [0.5, 0.6) is 0 Å². The first kappa shape index (κ1) is 26.5. The molecule has 0 saturated heterocycles. The minimum atomic E-state index is -1.53. The lowest BCUT2D eigenvalue weighted by Crippen LogP contribution is -2.43. The Hall–Kier alpha value is -5.22. The summed E-state index contributed by atoms with van der Waals surface area (Å²) >= 11 is 0. The molecule has 0 aromatic heterocycles. The summed E-state index contributed by atoms with van der Waals surface area (Å²) in [7, 11) is 0. The molecule has 4 unspecified atom stereocenters. The van der Waals surface area contributed by atoms with Gasteiger partial charge in [0.2, 0.25) is 0 Å². The second kappa shape index (κ2) is 6.72. The van der Waals surface area contributed by atoms with Crippen LogP contribution >= 0.6 is 0 Å². The highest BCUT2D eigenvalue weighted by atomic mass is 16.6. The van der Waals surface area contributed by atoms with Crippen molar-refractivity contribution in [2.45, 2.75) is 83.3 Å². The van der Waals surface area contributed by atoms with E-state index in [4.69, 9.17) is 9.47 Å². The zero-order valence-corrected chi connectivity index (χ0v) is 30.9. The summed E-state index contributed by atoms with van der Waals surface area (Å²) in [6, 6.07) is 7.61. The monoisotopic (exact) mass is 696 g/mol. The van der Waals surface area contributed by atoms with Crippen LogP contribution in [0.4, 0.5) is 0 Å². The van der Waals surface area contributed by atoms with E-state index in [1.54, 1.807) is 10.9 Å². The predicted octanol–water partition coefficient (Wildman–Crippen LogP) is 8.61. The molecule has 0 bridgehead atoms. The summed E-state index contributed by atoms with van der Waals surface area (Å²) < 4.78 is 12.9. The number of rotatable bonds is 2. The minimum Gasteiger partial charge on any atom is -0.459 e. The van der Waals surface area contributed by atoms with Crippen molar-refractivity contribution >= 4 is 110 Å². The molecule has 9 aromatic rings. The maximum atomic E-state index is 15.4. The van der Waals surface area contributed by atoms with Crippen LogP contribution in [0.25, 0.3) is 97.8 Å². The molecule has 9 aromatic carbocycles. The van der Waals surface area contributed by atoms with E-state index in [1.807, 2.05) is 41.5 Å². The number of ether oxygens (including phenoxy) is 2. The normalized spacial score (nSPS) is 26.5. The fourth-order valence-corrected chi connectivity index (χ4v) is 15.4. The first-order chi connectivity index (χ1) is 25.8. The molecule has 0 heterocycles. The molecule has 8 aliphatic carbocycles. The van der Waals surface area contributed by atoms with Gasteiger partial charge in [-0.25, -0.2) is 0 Å². The lowest BCUT2D eigenvalue weighted by atomic mass is 9.70. The van der Waals surface area contributed by atoms with E-state index in [-0.39, 0.29) is 17.8 Å². The number of carbonyl (C=O) groups is 2. The van der Waals surface area contributed by atoms with E-state index in [1.165, 1.54) is 136 Å². The van der Waals surface area contributed by atoms with Crippen molar-refractivity contribution in [3.8, 4) is 0 Å². The first-order valence-electron chi connectivity index (χ1n) is 20.1. The van der Waals surface area contributed by atoms with E-state index in [0.29, 0.717) is 0 Å². The highest BCUT2D eigenvalue weighted by Gasteiger charge is 2.89. The minimum absolute atomic E-state index is 0.228. The van der Waals surface area contributed by atoms with E-state index >= 15 is 9.59 Å². The van der Waals surface area contributed by atoms with Crippen LogP contribution in [0.2, 0.25) is 0 Å². The van der Waals surface area contributed by atoms with Gasteiger partial charge in [-0.15, -0.1) is 0 Å². The van der Waals surface area contributed by atoms with Crippen LogP contribution in [-0.2, 0) is 43.7 Å². The third-order valence-corrected chi connectivity index (χ3v) is 16.2. The van der Waals surface area contributed by atoms with E-state index in [0.717, 1.165) is 19.3 Å². The molecule has 256 valence electrons. The molecule has 0 amide bonds. The van der Waals surface area contributed by atoms with Gasteiger partial charge in [0.25, 0.3) is 0 Å².